The minimum absolute atomic E-state index is 0.906. The van der Waals surface area contributed by atoms with Crippen LogP contribution in [0.25, 0.3) is 16.9 Å². The summed E-state index contributed by atoms with van der Waals surface area (Å²) in [7, 11) is 0. The van der Waals surface area contributed by atoms with Gasteiger partial charge in [-0.2, -0.15) is 0 Å². The van der Waals surface area contributed by atoms with Crippen LogP contribution in [-0.4, -0.2) is 14.5 Å². The monoisotopic (exact) mass is 306 g/mol. The van der Waals surface area contributed by atoms with Crippen LogP contribution in [0, 0.1) is 13.8 Å². The fourth-order valence-corrected chi connectivity index (χ4v) is 3.74. The maximum atomic E-state index is 6.60. The van der Waals surface area contributed by atoms with Crippen LogP contribution in [0.3, 0.4) is 0 Å². The summed E-state index contributed by atoms with van der Waals surface area (Å²) in [5.41, 5.74) is 13.3. The van der Waals surface area contributed by atoms with Gasteiger partial charge >= 0.3 is 0 Å². The van der Waals surface area contributed by atoms with E-state index in [4.69, 9.17) is 10.7 Å². The first-order chi connectivity index (χ1) is 11.2. The van der Waals surface area contributed by atoms with Gasteiger partial charge in [-0.05, 0) is 62.8 Å². The highest BCUT2D eigenvalue weighted by Crippen LogP contribution is 2.36. The first-order valence-corrected chi connectivity index (χ1v) is 8.38. The highest BCUT2D eigenvalue weighted by Gasteiger charge is 2.22. The van der Waals surface area contributed by atoms with Crippen molar-refractivity contribution in [3.63, 3.8) is 0 Å². The van der Waals surface area contributed by atoms with E-state index >= 15 is 0 Å². The predicted octanol–water partition coefficient (Wildman–Crippen LogP) is 3.89. The van der Waals surface area contributed by atoms with Gasteiger partial charge in [-0.1, -0.05) is 12.5 Å². The molecule has 0 saturated heterocycles. The Hall–Kier alpha value is -2.36. The predicted molar refractivity (Wildman–Crippen MR) is 94.0 cm³/mol. The molecule has 118 valence electrons. The van der Waals surface area contributed by atoms with Crippen molar-refractivity contribution in [3.05, 3.63) is 46.9 Å². The highest BCUT2D eigenvalue weighted by molar-refractivity contribution is 5.95. The van der Waals surface area contributed by atoms with Gasteiger partial charge in [-0.3, -0.25) is 4.57 Å². The minimum atomic E-state index is 0.906. The first kappa shape index (κ1) is 14.2. The zero-order valence-corrected chi connectivity index (χ0v) is 13.8. The number of anilines is 1. The van der Waals surface area contributed by atoms with Crippen LogP contribution in [0.15, 0.2) is 24.4 Å². The van der Waals surface area contributed by atoms with Crippen LogP contribution in [0.1, 0.15) is 41.8 Å². The average Bonchev–Trinajstić information content (AvgIpc) is 2.72. The van der Waals surface area contributed by atoms with Crippen LogP contribution in [0.2, 0.25) is 0 Å². The lowest BCUT2D eigenvalue weighted by molar-refractivity contribution is 0.709. The number of nitrogens with two attached hydrogens (primary N) is 1. The molecule has 4 nitrogen and oxygen atoms in total. The van der Waals surface area contributed by atoms with E-state index in [1.807, 2.05) is 24.4 Å². The molecular weight excluding hydrogens is 284 g/mol. The second-order valence-electron chi connectivity index (χ2n) is 6.44. The Morgan fingerprint density at radius 3 is 2.70 bits per heavy atom. The van der Waals surface area contributed by atoms with Crippen LogP contribution in [0.5, 0.6) is 0 Å². The van der Waals surface area contributed by atoms with Crippen molar-refractivity contribution in [2.45, 2.75) is 46.0 Å². The molecule has 1 aliphatic rings. The normalized spacial score (nSPS) is 14.7. The molecule has 4 heteroatoms. The molecule has 0 spiro atoms. The molecule has 0 bridgehead atoms. The number of rotatable bonds is 1. The zero-order valence-electron chi connectivity index (χ0n) is 13.8. The highest BCUT2D eigenvalue weighted by atomic mass is 15.1. The molecule has 3 heterocycles. The number of nitrogen functional groups attached to an aromatic ring is 1. The zero-order chi connectivity index (χ0) is 16.0. The van der Waals surface area contributed by atoms with E-state index in [0.717, 1.165) is 41.1 Å². The molecule has 0 atom stereocenters. The van der Waals surface area contributed by atoms with Crippen molar-refractivity contribution in [3.8, 4) is 5.82 Å². The Morgan fingerprint density at radius 2 is 1.91 bits per heavy atom. The Bertz CT molecular complexity index is 878. The maximum Gasteiger partial charge on any atom is 0.148 e. The third-order valence-electron chi connectivity index (χ3n) is 5.09. The van der Waals surface area contributed by atoms with Gasteiger partial charge in [0.15, 0.2) is 0 Å². The molecule has 4 rings (SSSR count). The number of aromatic nitrogens is 3. The molecule has 0 aromatic carbocycles. The molecular formula is C19H22N4. The summed E-state index contributed by atoms with van der Waals surface area (Å²) in [4.78, 5) is 9.55. The number of hydrogen-bond donors (Lipinski definition) is 1. The Kier molecular flexibility index (Phi) is 3.33. The fraction of sp³-hybridized carbons (Fsp3) is 0.368. The summed E-state index contributed by atoms with van der Waals surface area (Å²) in [5, 5.41) is 1.11. The number of pyridine rings is 2. The molecule has 0 saturated carbocycles. The standard InChI is InChI=1S/C19H22N4/c1-12-13(2)23(16-10-6-7-11-21-16)19-17(12)18(20)14-8-4-3-5-9-15(14)22-19/h6-7,10-11H,3-5,8-9H2,1-2H3,(H2,20,22). The van der Waals surface area contributed by atoms with Crippen molar-refractivity contribution in [1.82, 2.24) is 14.5 Å². The van der Waals surface area contributed by atoms with Crippen molar-refractivity contribution < 1.29 is 0 Å². The lowest BCUT2D eigenvalue weighted by Crippen LogP contribution is -2.05. The molecule has 2 N–H and O–H groups in total. The summed E-state index contributed by atoms with van der Waals surface area (Å²) < 4.78 is 2.15. The quantitative estimate of drug-likeness (QED) is 0.694. The van der Waals surface area contributed by atoms with E-state index < -0.39 is 0 Å². The number of nitrogens with zero attached hydrogens (tertiary/aromatic N) is 3. The van der Waals surface area contributed by atoms with Gasteiger partial charge in [-0.15, -0.1) is 0 Å². The topological polar surface area (TPSA) is 56.7 Å². The smallest absolute Gasteiger partial charge is 0.148 e. The largest absolute Gasteiger partial charge is 0.398 e. The van der Waals surface area contributed by atoms with E-state index in [0.29, 0.717) is 0 Å². The van der Waals surface area contributed by atoms with Gasteiger partial charge < -0.3 is 5.73 Å². The van der Waals surface area contributed by atoms with Crippen molar-refractivity contribution in [2.75, 3.05) is 5.73 Å². The van der Waals surface area contributed by atoms with E-state index in [1.165, 1.54) is 36.1 Å². The Balaban J connectivity index is 2.07. The second-order valence-corrected chi connectivity index (χ2v) is 6.44. The molecule has 0 fully saturated rings. The van der Waals surface area contributed by atoms with Gasteiger partial charge in [0.25, 0.3) is 0 Å². The molecule has 3 aromatic heterocycles. The number of fused-ring (bicyclic) bond motifs is 2. The fourth-order valence-electron chi connectivity index (χ4n) is 3.74. The van der Waals surface area contributed by atoms with Crippen molar-refractivity contribution in [2.24, 2.45) is 0 Å². The van der Waals surface area contributed by atoms with Crippen molar-refractivity contribution in [1.29, 1.82) is 0 Å². The van der Waals surface area contributed by atoms with Crippen molar-refractivity contribution >= 4 is 16.7 Å². The molecule has 1 aliphatic carbocycles. The van der Waals surface area contributed by atoms with E-state index in [1.54, 1.807) is 0 Å². The second kappa shape index (κ2) is 5.37. The number of hydrogen-bond acceptors (Lipinski definition) is 3. The van der Waals surface area contributed by atoms with Crippen LogP contribution < -0.4 is 5.73 Å². The van der Waals surface area contributed by atoms with Crippen LogP contribution in [0.4, 0.5) is 5.69 Å². The molecule has 0 amide bonds. The minimum Gasteiger partial charge on any atom is -0.398 e. The summed E-state index contributed by atoms with van der Waals surface area (Å²) in [6.45, 7) is 4.26. The van der Waals surface area contributed by atoms with E-state index in [-0.39, 0.29) is 0 Å². The lowest BCUT2D eigenvalue weighted by Gasteiger charge is -2.12. The summed E-state index contributed by atoms with van der Waals surface area (Å²) in [5.74, 6) is 0.906. The molecule has 0 radical (unpaired) electrons. The average molecular weight is 306 g/mol. The van der Waals surface area contributed by atoms with Gasteiger partial charge in [0.1, 0.15) is 11.5 Å². The Morgan fingerprint density at radius 1 is 1.09 bits per heavy atom. The summed E-state index contributed by atoms with van der Waals surface area (Å²) >= 11 is 0. The lowest BCUT2D eigenvalue weighted by atomic mass is 10.0. The molecule has 0 unspecified atom stereocenters. The SMILES string of the molecule is Cc1c(C)n(-c2ccccn2)c2nc3c(c(N)c12)CCCCC3. The molecule has 3 aromatic rings. The summed E-state index contributed by atoms with van der Waals surface area (Å²) in [6.07, 6.45) is 7.58. The first-order valence-electron chi connectivity index (χ1n) is 8.38. The van der Waals surface area contributed by atoms with Gasteiger partial charge in [0.05, 0.1) is 0 Å². The van der Waals surface area contributed by atoms with Gasteiger partial charge in [0.2, 0.25) is 0 Å². The summed E-state index contributed by atoms with van der Waals surface area (Å²) in [6, 6.07) is 5.97. The third kappa shape index (κ3) is 2.12. The van der Waals surface area contributed by atoms with Crippen LogP contribution >= 0.6 is 0 Å². The number of aryl methyl sites for hydroxylation is 2. The van der Waals surface area contributed by atoms with E-state index in [2.05, 4.69) is 23.4 Å². The van der Waals surface area contributed by atoms with E-state index in [9.17, 15) is 0 Å². The molecule has 0 aliphatic heterocycles. The third-order valence-corrected chi connectivity index (χ3v) is 5.09. The maximum absolute atomic E-state index is 6.60. The van der Waals surface area contributed by atoms with Gasteiger partial charge in [0, 0.05) is 28.7 Å². The molecule has 23 heavy (non-hydrogen) atoms. The Labute approximate surface area is 136 Å². The van der Waals surface area contributed by atoms with Crippen LogP contribution in [-0.2, 0) is 12.8 Å². The van der Waals surface area contributed by atoms with Gasteiger partial charge in [-0.25, -0.2) is 9.97 Å².